The second-order valence-corrected chi connectivity index (χ2v) is 6.68. The molecule has 3 heterocycles. The number of nitrogens with one attached hydrogen (secondary N) is 2. The lowest BCUT2D eigenvalue weighted by Crippen LogP contribution is -2.16. The maximum absolute atomic E-state index is 12.1. The van der Waals surface area contributed by atoms with Crippen molar-refractivity contribution in [2.24, 2.45) is 7.05 Å². The second-order valence-electron chi connectivity index (χ2n) is 5.75. The Bertz CT molecular complexity index is 1080. The molecule has 3 aromatic heterocycles. The molecule has 0 atom stereocenters. The lowest BCUT2D eigenvalue weighted by molar-refractivity contribution is -0.113. The Morgan fingerprint density at radius 3 is 3.00 bits per heavy atom. The highest BCUT2D eigenvalue weighted by molar-refractivity contribution is 7.99. The molecule has 0 aliphatic heterocycles. The fourth-order valence-corrected chi connectivity index (χ4v) is 3.22. The van der Waals surface area contributed by atoms with Gasteiger partial charge in [0.2, 0.25) is 5.91 Å². The number of H-pyrrole nitrogens is 1. The topological polar surface area (TPSA) is 102 Å². The van der Waals surface area contributed by atoms with E-state index in [1.165, 1.54) is 11.8 Å². The first-order chi connectivity index (χ1) is 12.6. The first-order valence-corrected chi connectivity index (χ1v) is 8.92. The highest BCUT2D eigenvalue weighted by atomic mass is 32.2. The zero-order chi connectivity index (χ0) is 18.1. The number of para-hydroxylation sites is 1. The van der Waals surface area contributed by atoms with Crippen molar-refractivity contribution in [2.45, 2.75) is 12.1 Å². The van der Waals surface area contributed by atoms with Gasteiger partial charge in [0, 0.05) is 30.2 Å². The lowest BCUT2D eigenvalue weighted by atomic mass is 10.2. The summed E-state index contributed by atoms with van der Waals surface area (Å²) in [5.74, 6) is 1.08. The number of nitrogens with zero attached hydrogens (tertiary/aromatic N) is 4. The summed E-state index contributed by atoms with van der Waals surface area (Å²) in [6.45, 7) is 1.87. The first kappa shape index (κ1) is 16.4. The van der Waals surface area contributed by atoms with Gasteiger partial charge in [0.15, 0.2) is 0 Å². The molecule has 0 bridgehead atoms. The summed E-state index contributed by atoms with van der Waals surface area (Å²) in [6, 6.07) is 9.69. The van der Waals surface area contributed by atoms with E-state index >= 15 is 0 Å². The Labute approximate surface area is 153 Å². The van der Waals surface area contributed by atoms with E-state index in [2.05, 4.69) is 25.6 Å². The van der Waals surface area contributed by atoms with Crippen molar-refractivity contribution in [3.05, 3.63) is 42.2 Å². The van der Waals surface area contributed by atoms with Crippen molar-refractivity contribution in [2.75, 3.05) is 11.1 Å². The van der Waals surface area contributed by atoms with E-state index in [9.17, 15) is 4.79 Å². The Balaban J connectivity index is 1.42. The smallest absolute Gasteiger partial charge is 0.277 e. The molecule has 4 rings (SSSR count). The summed E-state index contributed by atoms with van der Waals surface area (Å²) >= 11 is 1.19. The van der Waals surface area contributed by atoms with Crippen LogP contribution < -0.4 is 5.32 Å². The largest absolute Gasteiger partial charge is 0.411 e. The molecular formula is C17H16N6O2S. The Hall–Kier alpha value is -3.07. The van der Waals surface area contributed by atoms with Crippen LogP contribution in [0.1, 0.15) is 5.69 Å². The maximum atomic E-state index is 12.1. The number of hydrogen-bond acceptors (Lipinski definition) is 6. The molecule has 0 aliphatic carbocycles. The van der Waals surface area contributed by atoms with Crippen LogP contribution in [0.4, 0.5) is 5.82 Å². The van der Waals surface area contributed by atoms with Gasteiger partial charge in [-0.3, -0.25) is 9.48 Å². The molecule has 26 heavy (non-hydrogen) atoms. The number of aromatic amines is 1. The molecule has 0 saturated carbocycles. The van der Waals surface area contributed by atoms with Crippen LogP contribution in [0.15, 0.2) is 46.2 Å². The number of rotatable bonds is 5. The molecule has 0 saturated heterocycles. The van der Waals surface area contributed by atoms with E-state index in [0.717, 1.165) is 22.2 Å². The van der Waals surface area contributed by atoms with Crippen LogP contribution in [0.5, 0.6) is 0 Å². The molecule has 1 aromatic carbocycles. The van der Waals surface area contributed by atoms with Crippen molar-refractivity contribution in [1.29, 1.82) is 0 Å². The average molecular weight is 368 g/mol. The zero-order valence-electron chi connectivity index (χ0n) is 14.2. The minimum Gasteiger partial charge on any atom is -0.411 e. The van der Waals surface area contributed by atoms with Gasteiger partial charge in [-0.2, -0.15) is 5.10 Å². The third-order valence-electron chi connectivity index (χ3n) is 3.82. The molecule has 0 spiro atoms. The van der Waals surface area contributed by atoms with Gasteiger partial charge in [-0.25, -0.2) is 0 Å². The molecule has 0 fully saturated rings. The van der Waals surface area contributed by atoms with Crippen LogP contribution in [-0.2, 0) is 11.8 Å². The van der Waals surface area contributed by atoms with Gasteiger partial charge < -0.3 is 14.7 Å². The van der Waals surface area contributed by atoms with Crippen molar-refractivity contribution in [3.8, 4) is 11.5 Å². The molecular weight excluding hydrogens is 352 g/mol. The Kier molecular flexibility index (Phi) is 4.21. The van der Waals surface area contributed by atoms with Gasteiger partial charge >= 0.3 is 0 Å². The highest BCUT2D eigenvalue weighted by Gasteiger charge is 2.15. The van der Waals surface area contributed by atoms with Gasteiger partial charge in [-0.15, -0.1) is 10.2 Å². The van der Waals surface area contributed by atoms with Crippen LogP contribution in [0.3, 0.4) is 0 Å². The number of aryl methyl sites for hydroxylation is 2. The first-order valence-electron chi connectivity index (χ1n) is 7.93. The SMILES string of the molecule is Cc1cc(NC(=O)CSc2nnc(-c3c[nH]c4ccccc34)o2)n(C)n1. The fourth-order valence-electron chi connectivity index (χ4n) is 2.66. The summed E-state index contributed by atoms with van der Waals surface area (Å²) in [7, 11) is 1.78. The molecule has 8 nitrogen and oxygen atoms in total. The van der Waals surface area contributed by atoms with Crippen molar-refractivity contribution in [3.63, 3.8) is 0 Å². The van der Waals surface area contributed by atoms with E-state index in [0.29, 0.717) is 16.9 Å². The summed E-state index contributed by atoms with van der Waals surface area (Å²) < 4.78 is 7.31. The Morgan fingerprint density at radius 2 is 2.19 bits per heavy atom. The predicted molar refractivity (Wildman–Crippen MR) is 98.9 cm³/mol. The number of thioether (sulfide) groups is 1. The summed E-state index contributed by atoms with van der Waals surface area (Å²) in [5.41, 5.74) is 2.69. The van der Waals surface area contributed by atoms with Crippen LogP contribution in [0.25, 0.3) is 22.4 Å². The van der Waals surface area contributed by atoms with Crippen molar-refractivity contribution >= 4 is 34.4 Å². The van der Waals surface area contributed by atoms with E-state index in [1.54, 1.807) is 11.7 Å². The number of benzene rings is 1. The van der Waals surface area contributed by atoms with Crippen LogP contribution in [-0.4, -0.2) is 36.6 Å². The minimum absolute atomic E-state index is 0.162. The minimum atomic E-state index is -0.162. The van der Waals surface area contributed by atoms with E-state index in [1.807, 2.05) is 43.5 Å². The standard InChI is InChI=1S/C17H16N6O2S/c1-10-7-14(23(2)22-10)19-15(24)9-26-17-21-20-16(25-17)12-8-18-13-6-4-3-5-11(12)13/h3-8,18H,9H2,1-2H3,(H,19,24). The highest BCUT2D eigenvalue weighted by Crippen LogP contribution is 2.29. The van der Waals surface area contributed by atoms with E-state index in [4.69, 9.17) is 4.42 Å². The lowest BCUT2D eigenvalue weighted by Gasteiger charge is -2.03. The average Bonchev–Trinajstić information content (AvgIpc) is 3.32. The predicted octanol–water partition coefficient (Wildman–Crippen LogP) is 2.99. The Morgan fingerprint density at radius 1 is 1.35 bits per heavy atom. The van der Waals surface area contributed by atoms with Gasteiger partial charge in [0.1, 0.15) is 5.82 Å². The summed E-state index contributed by atoms with van der Waals surface area (Å²) in [4.78, 5) is 15.3. The molecule has 0 aliphatic rings. The molecule has 2 N–H and O–H groups in total. The van der Waals surface area contributed by atoms with Crippen LogP contribution in [0, 0.1) is 6.92 Å². The number of amides is 1. The number of carbonyl (C=O) groups is 1. The van der Waals surface area contributed by atoms with Gasteiger partial charge in [0.25, 0.3) is 11.1 Å². The monoisotopic (exact) mass is 368 g/mol. The molecule has 1 amide bonds. The van der Waals surface area contributed by atoms with Crippen molar-refractivity contribution < 1.29 is 9.21 Å². The maximum Gasteiger partial charge on any atom is 0.277 e. The number of carbonyl (C=O) groups excluding carboxylic acids is 1. The van der Waals surface area contributed by atoms with E-state index in [-0.39, 0.29) is 11.7 Å². The van der Waals surface area contributed by atoms with Crippen LogP contribution >= 0.6 is 11.8 Å². The van der Waals surface area contributed by atoms with Crippen molar-refractivity contribution in [1.82, 2.24) is 25.0 Å². The third kappa shape index (κ3) is 3.21. The molecule has 9 heteroatoms. The van der Waals surface area contributed by atoms with Gasteiger partial charge in [-0.1, -0.05) is 30.0 Å². The summed E-state index contributed by atoms with van der Waals surface area (Å²) in [6.07, 6.45) is 1.84. The molecule has 0 unspecified atom stereocenters. The molecule has 0 radical (unpaired) electrons. The second kappa shape index (κ2) is 6.68. The quantitative estimate of drug-likeness (QED) is 0.525. The third-order valence-corrected chi connectivity index (χ3v) is 4.64. The molecule has 132 valence electrons. The fraction of sp³-hybridized carbons (Fsp3) is 0.176. The van der Waals surface area contributed by atoms with Gasteiger partial charge in [0.05, 0.1) is 17.0 Å². The van der Waals surface area contributed by atoms with Crippen LogP contribution in [0.2, 0.25) is 0 Å². The molecule has 4 aromatic rings. The normalized spacial score (nSPS) is 11.2. The number of fused-ring (bicyclic) bond motifs is 1. The zero-order valence-corrected chi connectivity index (χ0v) is 15.0. The van der Waals surface area contributed by atoms with Gasteiger partial charge in [-0.05, 0) is 13.0 Å². The van der Waals surface area contributed by atoms with E-state index < -0.39 is 0 Å². The number of aromatic nitrogens is 5. The number of hydrogen-bond donors (Lipinski definition) is 2. The summed E-state index contributed by atoms with van der Waals surface area (Å²) in [5, 5.41) is 16.5. The number of anilines is 1.